The topological polar surface area (TPSA) is 202 Å². The summed E-state index contributed by atoms with van der Waals surface area (Å²) in [7, 11) is -14.3. The second-order valence-electron chi connectivity index (χ2n) is 5.88. The minimum Gasteiger partial charge on any atom is -0.387 e. The van der Waals surface area contributed by atoms with Crippen molar-refractivity contribution < 1.29 is 51.6 Å². The van der Waals surface area contributed by atoms with Crippen molar-refractivity contribution in [2.75, 3.05) is 12.5 Å². The second kappa shape index (κ2) is 7.29. The van der Waals surface area contributed by atoms with E-state index in [1.807, 2.05) is 0 Å². The Balaban J connectivity index is 1.70. The molecule has 5 unspecified atom stereocenters. The molecule has 152 valence electrons. The van der Waals surface area contributed by atoms with Gasteiger partial charge in [0.2, 0.25) is 5.56 Å². The third kappa shape index (κ3) is 4.84. The van der Waals surface area contributed by atoms with E-state index in [1.54, 1.807) is 0 Å². The van der Waals surface area contributed by atoms with Crippen LogP contribution in [-0.2, 0) is 31.6 Å². The summed E-state index contributed by atoms with van der Waals surface area (Å²) in [4.78, 5) is 32.1. The molecule has 2 fully saturated rings. The summed E-state index contributed by atoms with van der Waals surface area (Å²) in [5.74, 6) is -1.17. The predicted molar refractivity (Wildman–Crippen MR) is 86.9 cm³/mol. The highest BCUT2D eigenvalue weighted by atomic mass is 31.3. The van der Waals surface area contributed by atoms with Crippen molar-refractivity contribution in [1.29, 1.82) is 0 Å². The van der Waals surface area contributed by atoms with Crippen LogP contribution in [0.5, 0.6) is 0 Å². The summed E-state index contributed by atoms with van der Waals surface area (Å²) >= 11 is 0. The third-order valence-electron chi connectivity index (χ3n) is 3.74. The van der Waals surface area contributed by atoms with Crippen LogP contribution in [0, 0.1) is 0 Å². The molecule has 0 radical (unpaired) electrons. The van der Waals surface area contributed by atoms with E-state index in [0.29, 0.717) is 5.56 Å². The van der Waals surface area contributed by atoms with Crippen molar-refractivity contribution in [3.8, 4) is 0 Å². The number of rotatable bonds is 4. The Bertz CT molecular complexity index is 868. The Morgan fingerprint density at radius 2 is 1.85 bits per heavy atom. The first-order valence-electron chi connectivity index (χ1n) is 7.41. The van der Waals surface area contributed by atoms with Gasteiger partial charge in [-0.2, -0.15) is 0 Å². The highest BCUT2D eigenvalue weighted by molar-refractivity contribution is 7.81. The molecule has 1 aromatic heterocycles. The Morgan fingerprint density at radius 3 is 2.44 bits per heavy atom. The minimum absolute atomic E-state index is 0.345. The zero-order valence-electron chi connectivity index (χ0n) is 13.4. The summed E-state index contributed by atoms with van der Waals surface area (Å²) in [5, 5.41) is 20.2. The van der Waals surface area contributed by atoms with E-state index < -0.39 is 59.9 Å². The normalized spacial score (nSPS) is 45.0. The van der Waals surface area contributed by atoms with Gasteiger partial charge in [0.25, 0.3) is 0 Å². The molecule has 0 amide bonds. The number of phosphoric acid groups is 1. The van der Waals surface area contributed by atoms with Gasteiger partial charge in [0.05, 0.1) is 6.61 Å². The number of aromatic amines is 1. The largest absolute Gasteiger partial charge is 0.486 e. The van der Waals surface area contributed by atoms with Gasteiger partial charge in [-0.25, -0.2) is 13.2 Å². The standard InChI is InChI=1S/C11H16NO12P3/c13-8-2-1-6(3-12-8)11-10(15)9(14)7(22-11)4-21-26(18)5-25(16,17)23-27(19,20)24-26/h1-3,7,9-11,14-15H,4-5H2,(H,12,13)(H,16,17)(H,19,20)/t7-,9?,10?,11+,26?/m1/s1. The van der Waals surface area contributed by atoms with Gasteiger partial charge in [0, 0.05) is 12.3 Å². The molecule has 3 rings (SSSR count). The smallest absolute Gasteiger partial charge is 0.387 e. The van der Waals surface area contributed by atoms with Gasteiger partial charge < -0.3 is 34.2 Å². The van der Waals surface area contributed by atoms with Gasteiger partial charge in [-0.1, -0.05) is 0 Å². The van der Waals surface area contributed by atoms with Crippen LogP contribution in [0.15, 0.2) is 23.1 Å². The van der Waals surface area contributed by atoms with Gasteiger partial charge in [-0.15, -0.1) is 0 Å². The Kier molecular flexibility index (Phi) is 5.68. The molecule has 1 aromatic rings. The molecular weight excluding hydrogens is 431 g/mol. The SMILES string of the molecule is O=c1ccc([C@@H]2O[C@H](COP3(=O)CP(=O)(O)OP(=O)(O)O3)C(O)C2O)c[nH]1. The number of ether oxygens (including phenoxy) is 1. The van der Waals surface area contributed by atoms with Crippen molar-refractivity contribution >= 4 is 23.0 Å². The van der Waals surface area contributed by atoms with Crippen LogP contribution in [0.25, 0.3) is 0 Å². The van der Waals surface area contributed by atoms with E-state index >= 15 is 0 Å². The van der Waals surface area contributed by atoms with E-state index in [-0.39, 0.29) is 5.56 Å². The van der Waals surface area contributed by atoms with E-state index in [1.165, 1.54) is 18.3 Å². The van der Waals surface area contributed by atoms with Crippen LogP contribution in [0.3, 0.4) is 0 Å². The van der Waals surface area contributed by atoms with Gasteiger partial charge in [0.15, 0.2) is 5.90 Å². The van der Waals surface area contributed by atoms with Crippen molar-refractivity contribution in [3.05, 3.63) is 34.2 Å². The Morgan fingerprint density at radius 1 is 1.15 bits per heavy atom. The summed E-state index contributed by atoms with van der Waals surface area (Å²) in [6.45, 7) is -0.685. The van der Waals surface area contributed by atoms with Crippen molar-refractivity contribution in [3.63, 3.8) is 0 Å². The molecule has 0 aliphatic carbocycles. The molecular formula is C11H16NO12P3. The summed E-state index contributed by atoms with van der Waals surface area (Å²) < 4.78 is 53.9. The molecule has 7 atom stereocenters. The van der Waals surface area contributed by atoms with Crippen LogP contribution in [0.2, 0.25) is 0 Å². The monoisotopic (exact) mass is 447 g/mol. The predicted octanol–water partition coefficient (Wildman–Crippen LogP) is 0.0364. The minimum atomic E-state index is -5.07. The van der Waals surface area contributed by atoms with Gasteiger partial charge >= 0.3 is 23.0 Å². The molecule has 13 nitrogen and oxygen atoms in total. The molecule has 0 bridgehead atoms. The van der Waals surface area contributed by atoms with E-state index in [0.717, 1.165) is 0 Å². The van der Waals surface area contributed by atoms with Crippen molar-refractivity contribution in [1.82, 2.24) is 4.98 Å². The Hall–Kier alpha value is -0.680. The number of aliphatic hydroxyl groups is 2. The van der Waals surface area contributed by atoms with E-state index in [9.17, 15) is 38.5 Å². The molecule has 0 aromatic carbocycles. The van der Waals surface area contributed by atoms with Gasteiger partial charge in [-0.05, 0) is 11.6 Å². The maximum absolute atomic E-state index is 12.4. The molecule has 0 saturated carbocycles. The van der Waals surface area contributed by atoms with Gasteiger partial charge in [-0.3, -0.25) is 13.9 Å². The summed E-state index contributed by atoms with van der Waals surface area (Å²) in [6, 6.07) is 2.56. The number of aliphatic hydroxyl groups excluding tert-OH is 2. The highest BCUT2D eigenvalue weighted by Crippen LogP contribution is 2.78. The van der Waals surface area contributed by atoms with E-state index in [2.05, 4.69) is 13.6 Å². The van der Waals surface area contributed by atoms with Crippen LogP contribution < -0.4 is 5.56 Å². The lowest BCUT2D eigenvalue weighted by molar-refractivity contribution is -0.0188. The van der Waals surface area contributed by atoms with Crippen LogP contribution >= 0.6 is 23.0 Å². The maximum atomic E-state index is 12.4. The molecule has 16 heteroatoms. The first-order chi connectivity index (χ1) is 12.4. The lowest BCUT2D eigenvalue weighted by Crippen LogP contribution is -2.33. The number of hydrogen-bond donors (Lipinski definition) is 5. The average Bonchev–Trinajstić information content (AvgIpc) is 2.79. The number of hydrogen-bond acceptors (Lipinski definition) is 10. The first-order valence-corrected chi connectivity index (χ1v) is 12.4. The third-order valence-corrected chi connectivity index (χ3v) is 10.8. The molecule has 2 saturated heterocycles. The van der Waals surface area contributed by atoms with Crippen LogP contribution in [-0.4, -0.2) is 55.8 Å². The quantitative estimate of drug-likeness (QED) is 0.388. The zero-order chi connectivity index (χ0) is 20.0. The lowest BCUT2D eigenvalue weighted by Gasteiger charge is -2.28. The number of H-pyrrole nitrogens is 1. The molecule has 2 aliphatic rings. The molecule has 2 aliphatic heterocycles. The fourth-order valence-corrected chi connectivity index (χ4v) is 9.53. The van der Waals surface area contributed by atoms with Crippen molar-refractivity contribution in [2.24, 2.45) is 0 Å². The first kappa shape index (κ1) is 21.0. The van der Waals surface area contributed by atoms with E-state index in [4.69, 9.17) is 9.26 Å². The number of nitrogens with one attached hydrogen (secondary N) is 1. The van der Waals surface area contributed by atoms with Gasteiger partial charge in [0.1, 0.15) is 24.4 Å². The van der Waals surface area contributed by atoms with Crippen LogP contribution in [0.4, 0.5) is 0 Å². The lowest BCUT2D eigenvalue weighted by atomic mass is 10.0. The Labute approximate surface area is 151 Å². The summed E-state index contributed by atoms with van der Waals surface area (Å²) in [6.07, 6.45) is -3.94. The fraction of sp³-hybridized carbons (Fsp3) is 0.545. The fourth-order valence-electron chi connectivity index (χ4n) is 2.62. The zero-order valence-corrected chi connectivity index (χ0v) is 16.0. The number of pyridine rings is 1. The number of aromatic nitrogens is 1. The molecule has 3 heterocycles. The van der Waals surface area contributed by atoms with Crippen LogP contribution in [0.1, 0.15) is 11.7 Å². The summed E-state index contributed by atoms with van der Waals surface area (Å²) in [5.41, 5.74) is -0.0411. The van der Waals surface area contributed by atoms with Crippen molar-refractivity contribution in [2.45, 2.75) is 24.4 Å². The second-order valence-corrected chi connectivity index (χ2v) is 12.0. The average molecular weight is 447 g/mol. The molecule has 27 heavy (non-hydrogen) atoms. The maximum Gasteiger partial charge on any atom is 0.486 e. The molecule has 0 spiro atoms. The molecule has 5 N–H and O–H groups in total. The highest BCUT2D eigenvalue weighted by Gasteiger charge is 2.53.